The Morgan fingerprint density at radius 3 is 1.72 bits per heavy atom. The number of ether oxygens (including phenoxy) is 6. The van der Waals surface area contributed by atoms with Gasteiger partial charge in [-0.2, -0.15) is 0 Å². The summed E-state index contributed by atoms with van der Waals surface area (Å²) in [6.07, 6.45) is -2.79. The number of nitrogens with one attached hydrogen (secondary N) is 7. The highest BCUT2D eigenvalue weighted by molar-refractivity contribution is 6.78. The van der Waals surface area contributed by atoms with Crippen molar-refractivity contribution in [1.29, 1.82) is 5.41 Å². The van der Waals surface area contributed by atoms with E-state index in [0.717, 1.165) is 38.1 Å². The smallest absolute Gasteiger partial charge is 0.416 e. The Morgan fingerprint density at radius 2 is 1.16 bits per heavy atom. The van der Waals surface area contributed by atoms with Gasteiger partial charge in [0.2, 0.25) is 24.2 Å². The maximum Gasteiger partial charge on any atom is 0.416 e. The topological polar surface area (TPSA) is 338 Å². The van der Waals surface area contributed by atoms with Gasteiger partial charge in [-0.25, -0.2) is 33.7 Å². The van der Waals surface area contributed by atoms with Crippen LogP contribution in [-0.2, 0) is 76.8 Å². The molecule has 6 aromatic carbocycles. The van der Waals surface area contributed by atoms with Gasteiger partial charge >= 0.3 is 36.3 Å². The minimum Gasteiger partial charge on any atom is -0.543 e. The summed E-state index contributed by atoms with van der Waals surface area (Å²) < 4.78 is 41.6. The Balaban J connectivity index is 1.20. The van der Waals surface area contributed by atoms with Crippen LogP contribution in [0.3, 0.4) is 0 Å². The minimum absolute atomic E-state index is 0.0449. The third kappa shape index (κ3) is 25.0. The molecular weight excluding hydrogens is 1450 g/mol. The molecule has 1 saturated heterocycles. The van der Waals surface area contributed by atoms with Crippen molar-refractivity contribution in [3.05, 3.63) is 215 Å². The summed E-state index contributed by atoms with van der Waals surface area (Å²) in [6.45, 7) is 21.4. The van der Waals surface area contributed by atoms with Gasteiger partial charge in [-0.15, -0.1) is 0 Å². The zero-order chi connectivity index (χ0) is 81.3. The number of carbonyl (C=O) groups excluding carboxylic acids is 10. The van der Waals surface area contributed by atoms with Gasteiger partial charge in [0.05, 0.1) is 12.6 Å². The molecule has 6 aromatic rings. The number of likely N-dealkylation sites (tertiary alicyclic amines) is 1. The zero-order valence-corrected chi connectivity index (χ0v) is 66.7. The van der Waals surface area contributed by atoms with Crippen LogP contribution in [0.5, 0.6) is 5.75 Å². The van der Waals surface area contributed by atoms with E-state index in [2.05, 4.69) is 73.4 Å². The number of allylic oxidation sites excluding steroid dienone is 1. The highest BCUT2D eigenvalue weighted by atomic mass is 28.4. The van der Waals surface area contributed by atoms with E-state index in [9.17, 15) is 33.6 Å². The quantitative estimate of drug-likeness (QED) is 0.00294. The summed E-state index contributed by atoms with van der Waals surface area (Å²) >= 11 is 0. The summed E-state index contributed by atoms with van der Waals surface area (Å²) in [5.41, 5.74) is 4.97. The summed E-state index contributed by atoms with van der Waals surface area (Å²) in [5.74, 6) is -5.35. The number of hydrogen-bond acceptors (Lipinski definition) is 18. The van der Waals surface area contributed by atoms with Gasteiger partial charge in [-0.1, -0.05) is 193 Å². The number of fused-ring (bicyclic) bond motifs is 3. The average Bonchev–Trinajstić information content (AvgIpc) is 1.62. The second-order valence-electron chi connectivity index (χ2n) is 30.4. The van der Waals surface area contributed by atoms with Gasteiger partial charge in [0.15, 0.2) is 6.10 Å². The van der Waals surface area contributed by atoms with Crippen LogP contribution >= 0.6 is 0 Å². The highest BCUT2D eigenvalue weighted by Gasteiger charge is 2.48. The van der Waals surface area contributed by atoms with Crippen molar-refractivity contribution in [3.8, 4) is 16.9 Å². The van der Waals surface area contributed by atoms with E-state index in [4.69, 9.17) is 38.3 Å². The number of nitrogens with zero attached hydrogens (tertiary/aromatic N) is 2. The van der Waals surface area contributed by atoms with Crippen molar-refractivity contribution < 1.29 is 80.8 Å². The van der Waals surface area contributed by atoms with Gasteiger partial charge in [-0.05, 0) is 153 Å². The van der Waals surface area contributed by atoms with E-state index in [1.165, 1.54) is 6.08 Å². The molecule has 596 valence electrons. The van der Waals surface area contributed by atoms with E-state index in [1.807, 2.05) is 60.7 Å². The normalized spacial score (nSPS) is 14.6. The minimum atomic E-state index is -2.40. The van der Waals surface area contributed by atoms with E-state index >= 15 is 14.4 Å². The molecular formula is C85H105N9O17Si. The Hall–Kier alpha value is -11.6. The van der Waals surface area contributed by atoms with Crippen LogP contribution in [0.1, 0.15) is 148 Å². The SMILES string of the molecule is CC(C)[Si](Oc1ccc(/C=C(/C=C/C(=O)OC(C)(C)C)NC(=O)[C@@H](Cc2ccccc2)NC(=O)C(OC(=O)[C@@H]2CCCN2C(=O)[C@H](CNC(=O)OC(C)(C)C)NC=O)[C@H](CCCN(C(=N)NC(=O)OCc2ccccc2)C(=O)OCc2ccccc2)NC(=O)OCC2c3ccccc3-c3ccccc32)cc1)(C(C)C)C(C)C. The van der Waals surface area contributed by atoms with Crippen molar-refractivity contribution in [2.45, 2.75) is 192 Å². The summed E-state index contributed by atoms with van der Waals surface area (Å²) in [7, 11) is -2.40. The van der Waals surface area contributed by atoms with Crippen LogP contribution in [0.4, 0.5) is 19.2 Å². The third-order valence-corrected chi connectivity index (χ3v) is 25.0. The number of carbonyl (C=O) groups is 10. The van der Waals surface area contributed by atoms with Gasteiger partial charge in [0.1, 0.15) is 54.9 Å². The van der Waals surface area contributed by atoms with Crippen LogP contribution in [0, 0.1) is 5.41 Å². The van der Waals surface area contributed by atoms with Gasteiger partial charge < -0.3 is 64.3 Å². The lowest BCUT2D eigenvalue weighted by atomic mass is 9.98. The molecule has 0 saturated carbocycles. The first-order chi connectivity index (χ1) is 53.3. The van der Waals surface area contributed by atoms with Crippen LogP contribution in [-0.4, -0.2) is 152 Å². The molecule has 1 aliphatic heterocycles. The number of guanidine groups is 1. The van der Waals surface area contributed by atoms with Crippen LogP contribution in [0.2, 0.25) is 16.6 Å². The molecule has 1 heterocycles. The van der Waals surface area contributed by atoms with Crippen LogP contribution < -0.4 is 36.3 Å². The number of alkyl carbamates (subject to hydrolysis) is 3. The van der Waals surface area contributed by atoms with Gasteiger partial charge in [0, 0.05) is 37.2 Å². The molecule has 8 amide bonds. The van der Waals surface area contributed by atoms with E-state index in [1.54, 1.807) is 151 Å². The molecule has 27 heteroatoms. The fraction of sp³-hybridized carbons (Fsp3) is 0.400. The molecule has 0 spiro atoms. The molecule has 1 fully saturated rings. The summed E-state index contributed by atoms with van der Waals surface area (Å²) in [6, 6.07) is 42.4. The number of amides is 8. The predicted octanol–water partition coefficient (Wildman–Crippen LogP) is 13.1. The summed E-state index contributed by atoms with van der Waals surface area (Å²) in [5, 5.41) is 24.9. The van der Waals surface area contributed by atoms with E-state index in [-0.39, 0.29) is 80.8 Å². The monoisotopic (exact) mass is 1550 g/mol. The van der Waals surface area contributed by atoms with Crippen molar-refractivity contribution in [1.82, 2.24) is 41.7 Å². The Bertz CT molecular complexity index is 4230. The van der Waals surface area contributed by atoms with E-state index in [0.29, 0.717) is 28.0 Å². The van der Waals surface area contributed by atoms with Crippen LogP contribution in [0.25, 0.3) is 17.2 Å². The van der Waals surface area contributed by atoms with Crippen molar-refractivity contribution in [2.75, 3.05) is 26.2 Å². The molecule has 7 N–H and O–H groups in total. The Labute approximate surface area is 656 Å². The average molecular weight is 1550 g/mol. The van der Waals surface area contributed by atoms with Gasteiger partial charge in [-0.3, -0.25) is 29.9 Å². The first-order valence-corrected chi connectivity index (χ1v) is 39.9. The summed E-state index contributed by atoms with van der Waals surface area (Å²) in [4.78, 5) is 145. The molecule has 2 aliphatic rings. The Kier molecular flexibility index (Phi) is 31.0. The molecule has 0 bridgehead atoms. The maximum atomic E-state index is 16.1. The number of benzene rings is 6. The molecule has 26 nitrogen and oxygen atoms in total. The molecule has 112 heavy (non-hydrogen) atoms. The zero-order valence-electron chi connectivity index (χ0n) is 65.7. The Morgan fingerprint density at radius 1 is 0.607 bits per heavy atom. The second kappa shape index (κ2) is 40.4. The molecule has 8 rings (SSSR count). The van der Waals surface area contributed by atoms with Crippen molar-refractivity contribution >= 4 is 80.8 Å². The molecule has 5 atom stereocenters. The largest absolute Gasteiger partial charge is 0.543 e. The third-order valence-electron chi connectivity index (χ3n) is 19.0. The van der Waals surface area contributed by atoms with Gasteiger partial charge in [0.25, 0.3) is 14.2 Å². The number of hydrogen-bond donors (Lipinski definition) is 7. The first kappa shape index (κ1) is 86.0. The lowest BCUT2D eigenvalue weighted by Gasteiger charge is -2.42. The van der Waals surface area contributed by atoms with Crippen molar-refractivity contribution in [2.24, 2.45) is 0 Å². The lowest BCUT2D eigenvalue weighted by Crippen LogP contribution is -2.59. The highest BCUT2D eigenvalue weighted by Crippen LogP contribution is 2.45. The molecule has 1 unspecified atom stereocenters. The molecule has 0 radical (unpaired) electrons. The van der Waals surface area contributed by atoms with Crippen LogP contribution in [0.15, 0.2) is 182 Å². The standard InChI is InChI=1S/C85H105N9O17Si/c1-55(2)112(56(3)4,57(5)6)111-63-43-40-59(41-44-63)48-62(42-45-73(96)109-84(7,8)9)89-75(97)70(49-58-28-16-13-17-29-58)90-76(98)74(108-78(100)72-39-27-46-93(72)77(99)71(88-54-95)50-87-80(101)110-85(10,11)12)69(91-81(102)106-53-68-66-36-24-22-34-64(66)65-35-23-25-37-67(65)68)38-26-47-94(83(104)107-52-61-32-20-15-21-33-61)79(86)92-82(103)105-51-60-30-18-14-19-31-60/h13-25,28-37,40-45,48,54-57,68-72,74H,26-27,38-39,46-47,49-53H2,1-12H3,(H,87,101)(H,88,95)(H,89,97)(H,90,98)(H,91,102)(H2,86,92,103)/b45-42+,62-48-/t69-,70+,71-,72-,74?/m0/s1. The first-order valence-electron chi connectivity index (χ1n) is 37.7. The fourth-order valence-corrected chi connectivity index (χ4v) is 19.2. The predicted molar refractivity (Wildman–Crippen MR) is 425 cm³/mol. The lowest BCUT2D eigenvalue weighted by molar-refractivity contribution is -0.164. The number of esters is 2. The maximum absolute atomic E-state index is 16.1. The second-order valence-corrected chi connectivity index (χ2v) is 35.8. The molecule has 1 aliphatic carbocycles. The number of rotatable bonds is 33. The van der Waals surface area contributed by atoms with E-state index < -0.39 is 135 Å². The fourth-order valence-electron chi connectivity index (χ4n) is 13.9. The molecule has 0 aromatic heterocycles. The van der Waals surface area contributed by atoms with Crippen molar-refractivity contribution in [3.63, 3.8) is 0 Å².